The van der Waals surface area contributed by atoms with Crippen molar-refractivity contribution in [2.75, 3.05) is 19.7 Å². The Morgan fingerprint density at radius 3 is 2.83 bits per heavy atom. The first-order chi connectivity index (χ1) is 11.7. The van der Waals surface area contributed by atoms with Gasteiger partial charge in [0.25, 0.3) is 5.91 Å². The Morgan fingerprint density at radius 1 is 1.17 bits per heavy atom. The molecule has 0 bridgehead atoms. The Kier molecular flexibility index (Phi) is 4.00. The third kappa shape index (κ3) is 2.90. The number of H-pyrrole nitrogens is 1. The van der Waals surface area contributed by atoms with Crippen molar-refractivity contribution in [2.24, 2.45) is 0 Å². The molecule has 3 aromatic rings. The monoisotopic (exact) mass is 340 g/mol. The highest BCUT2D eigenvalue weighted by molar-refractivity contribution is 6.30. The molecule has 4 rings (SSSR count). The molecule has 0 unspecified atom stereocenters. The fraction of sp³-hybridized carbons (Fsp3) is 0.211. The molecule has 5 heteroatoms. The highest BCUT2D eigenvalue weighted by atomic mass is 35.5. The van der Waals surface area contributed by atoms with Gasteiger partial charge in [0.1, 0.15) is 6.10 Å². The zero-order valence-electron chi connectivity index (χ0n) is 13.0. The van der Waals surface area contributed by atoms with E-state index in [1.807, 2.05) is 59.6 Å². The standard InChI is InChI=1S/C19H17ClN2O2/c20-16-5-3-14(4-6-16)18-12-22(9-10-24-18)19(23)15-2-1-13-7-8-21-17(13)11-15/h1-8,11,18,21H,9-10,12H2/t18-/m1/s1. The van der Waals surface area contributed by atoms with Crippen molar-refractivity contribution < 1.29 is 9.53 Å². The van der Waals surface area contributed by atoms with Gasteiger partial charge in [-0.25, -0.2) is 0 Å². The van der Waals surface area contributed by atoms with Crippen molar-refractivity contribution in [1.29, 1.82) is 0 Å². The van der Waals surface area contributed by atoms with Gasteiger partial charge in [-0.1, -0.05) is 29.8 Å². The predicted octanol–water partition coefficient (Wildman–Crippen LogP) is 4.04. The molecule has 1 aromatic heterocycles. The largest absolute Gasteiger partial charge is 0.370 e. The maximum atomic E-state index is 12.8. The molecule has 0 spiro atoms. The van der Waals surface area contributed by atoms with Crippen LogP contribution in [0, 0.1) is 0 Å². The second kappa shape index (κ2) is 6.30. The van der Waals surface area contributed by atoms with E-state index in [1.54, 1.807) is 0 Å². The molecule has 1 aliphatic rings. The summed E-state index contributed by atoms with van der Waals surface area (Å²) in [6.45, 7) is 1.68. The number of benzene rings is 2. The van der Waals surface area contributed by atoms with Crippen molar-refractivity contribution in [3.05, 3.63) is 70.9 Å². The van der Waals surface area contributed by atoms with E-state index < -0.39 is 0 Å². The van der Waals surface area contributed by atoms with Crippen LogP contribution in [-0.4, -0.2) is 35.5 Å². The van der Waals surface area contributed by atoms with Crippen LogP contribution >= 0.6 is 11.6 Å². The van der Waals surface area contributed by atoms with Gasteiger partial charge >= 0.3 is 0 Å². The number of halogens is 1. The smallest absolute Gasteiger partial charge is 0.254 e. The first kappa shape index (κ1) is 15.2. The number of nitrogens with zero attached hydrogens (tertiary/aromatic N) is 1. The number of fused-ring (bicyclic) bond motifs is 1. The zero-order valence-corrected chi connectivity index (χ0v) is 13.8. The van der Waals surface area contributed by atoms with Gasteiger partial charge in [-0.15, -0.1) is 0 Å². The van der Waals surface area contributed by atoms with Crippen LogP contribution in [0.3, 0.4) is 0 Å². The first-order valence-electron chi connectivity index (χ1n) is 7.94. The summed E-state index contributed by atoms with van der Waals surface area (Å²) in [7, 11) is 0. The van der Waals surface area contributed by atoms with E-state index in [-0.39, 0.29) is 12.0 Å². The molecule has 2 heterocycles. The van der Waals surface area contributed by atoms with Crippen molar-refractivity contribution in [2.45, 2.75) is 6.10 Å². The summed E-state index contributed by atoms with van der Waals surface area (Å²) in [6, 6.07) is 15.3. The lowest BCUT2D eigenvalue weighted by molar-refractivity contribution is -0.0228. The Morgan fingerprint density at radius 2 is 2.00 bits per heavy atom. The molecule has 1 saturated heterocycles. The van der Waals surface area contributed by atoms with E-state index >= 15 is 0 Å². The van der Waals surface area contributed by atoms with Crippen molar-refractivity contribution in [3.8, 4) is 0 Å². The second-order valence-corrected chi connectivity index (χ2v) is 6.38. The molecular weight excluding hydrogens is 324 g/mol. The lowest BCUT2D eigenvalue weighted by Gasteiger charge is -2.33. The molecule has 1 atom stereocenters. The highest BCUT2D eigenvalue weighted by Crippen LogP contribution is 2.25. The SMILES string of the molecule is O=C(c1ccc2cc[nH]c2c1)N1CCO[C@@H](c2ccc(Cl)cc2)C1. The number of morpholine rings is 1. The molecule has 122 valence electrons. The van der Waals surface area contributed by atoms with E-state index in [2.05, 4.69) is 4.98 Å². The molecule has 1 amide bonds. The van der Waals surface area contributed by atoms with Gasteiger partial charge in [0.05, 0.1) is 13.2 Å². The quantitative estimate of drug-likeness (QED) is 0.765. The number of aromatic amines is 1. The van der Waals surface area contributed by atoms with Crippen LogP contribution in [0.2, 0.25) is 5.02 Å². The lowest BCUT2D eigenvalue weighted by Crippen LogP contribution is -2.42. The summed E-state index contributed by atoms with van der Waals surface area (Å²) in [5.74, 6) is 0.0359. The first-order valence-corrected chi connectivity index (χ1v) is 8.32. The van der Waals surface area contributed by atoms with E-state index in [0.717, 1.165) is 16.5 Å². The number of hydrogen-bond donors (Lipinski definition) is 1. The van der Waals surface area contributed by atoms with Crippen molar-refractivity contribution in [3.63, 3.8) is 0 Å². The normalized spacial score (nSPS) is 18.0. The third-order valence-corrected chi connectivity index (χ3v) is 4.65. The summed E-state index contributed by atoms with van der Waals surface area (Å²) >= 11 is 5.94. The predicted molar refractivity (Wildman–Crippen MR) is 94.3 cm³/mol. The van der Waals surface area contributed by atoms with Crippen LogP contribution in [0.25, 0.3) is 10.9 Å². The minimum atomic E-state index is -0.116. The van der Waals surface area contributed by atoms with Crippen molar-refractivity contribution >= 4 is 28.4 Å². The van der Waals surface area contributed by atoms with E-state index in [9.17, 15) is 4.79 Å². The molecule has 0 radical (unpaired) electrons. The summed E-state index contributed by atoms with van der Waals surface area (Å²) in [6.07, 6.45) is 1.76. The average molecular weight is 341 g/mol. The van der Waals surface area contributed by atoms with Crippen LogP contribution in [0.5, 0.6) is 0 Å². The molecule has 1 N–H and O–H groups in total. The average Bonchev–Trinajstić information content (AvgIpc) is 3.09. The van der Waals surface area contributed by atoms with Gasteiger partial charge in [-0.3, -0.25) is 4.79 Å². The fourth-order valence-corrected chi connectivity index (χ4v) is 3.20. The summed E-state index contributed by atoms with van der Waals surface area (Å²) < 4.78 is 5.83. The lowest BCUT2D eigenvalue weighted by atomic mass is 10.1. The van der Waals surface area contributed by atoms with Gasteiger partial charge in [0, 0.05) is 28.8 Å². The zero-order chi connectivity index (χ0) is 16.5. The molecule has 1 aliphatic heterocycles. The van der Waals surface area contributed by atoms with E-state index in [0.29, 0.717) is 30.3 Å². The molecule has 0 aliphatic carbocycles. The summed E-state index contributed by atoms with van der Waals surface area (Å²) in [5, 5.41) is 1.80. The van der Waals surface area contributed by atoms with Gasteiger partial charge < -0.3 is 14.6 Å². The number of rotatable bonds is 2. The van der Waals surface area contributed by atoms with Gasteiger partial charge in [-0.05, 0) is 41.3 Å². The Labute approximate surface area is 145 Å². The molecule has 2 aromatic carbocycles. The maximum Gasteiger partial charge on any atom is 0.254 e. The van der Waals surface area contributed by atoms with Crippen LogP contribution in [0.1, 0.15) is 22.0 Å². The molecule has 0 saturated carbocycles. The number of carbonyl (C=O) groups excluding carboxylic acids is 1. The number of nitrogens with one attached hydrogen (secondary N) is 1. The van der Waals surface area contributed by atoms with Gasteiger partial charge in [0.15, 0.2) is 0 Å². The summed E-state index contributed by atoms with van der Waals surface area (Å²) in [5.41, 5.74) is 2.71. The third-order valence-electron chi connectivity index (χ3n) is 4.40. The van der Waals surface area contributed by atoms with Crippen LogP contribution in [0.15, 0.2) is 54.7 Å². The molecular formula is C19H17ClN2O2. The second-order valence-electron chi connectivity index (χ2n) is 5.94. The van der Waals surface area contributed by atoms with Crippen LogP contribution in [0.4, 0.5) is 0 Å². The van der Waals surface area contributed by atoms with Gasteiger partial charge in [0.2, 0.25) is 0 Å². The van der Waals surface area contributed by atoms with Crippen LogP contribution in [-0.2, 0) is 4.74 Å². The highest BCUT2D eigenvalue weighted by Gasteiger charge is 2.26. The minimum Gasteiger partial charge on any atom is -0.370 e. The number of aromatic nitrogens is 1. The Hall–Kier alpha value is -2.30. The minimum absolute atomic E-state index is 0.0359. The Balaban J connectivity index is 1.54. The topological polar surface area (TPSA) is 45.3 Å². The number of hydrogen-bond acceptors (Lipinski definition) is 2. The maximum absolute atomic E-state index is 12.8. The van der Waals surface area contributed by atoms with Gasteiger partial charge in [-0.2, -0.15) is 0 Å². The molecule has 4 nitrogen and oxygen atoms in total. The fourth-order valence-electron chi connectivity index (χ4n) is 3.08. The summed E-state index contributed by atoms with van der Waals surface area (Å²) in [4.78, 5) is 17.8. The Bertz CT molecular complexity index is 872. The molecule has 1 fully saturated rings. The molecule has 24 heavy (non-hydrogen) atoms. The van der Waals surface area contributed by atoms with Crippen LogP contribution < -0.4 is 0 Å². The number of amides is 1. The number of ether oxygens (including phenoxy) is 1. The van der Waals surface area contributed by atoms with E-state index in [4.69, 9.17) is 16.3 Å². The number of carbonyl (C=O) groups is 1. The van der Waals surface area contributed by atoms with E-state index in [1.165, 1.54) is 0 Å². The van der Waals surface area contributed by atoms with Crippen molar-refractivity contribution in [1.82, 2.24) is 9.88 Å².